The first kappa shape index (κ1) is 22.8. The van der Waals surface area contributed by atoms with Crippen molar-refractivity contribution >= 4 is 5.78 Å². The van der Waals surface area contributed by atoms with Crippen LogP contribution in [0.2, 0.25) is 0 Å². The molecular formula is C29H40O. The van der Waals surface area contributed by atoms with Crippen LogP contribution >= 0.6 is 0 Å². The van der Waals surface area contributed by atoms with Gasteiger partial charge in [-0.1, -0.05) is 107 Å². The number of unbranched alkanes of at least 4 members (excludes halogenated alkanes) is 5. The van der Waals surface area contributed by atoms with E-state index in [1.807, 2.05) is 0 Å². The molecule has 0 N–H and O–H groups in total. The fraction of sp³-hybridized carbons (Fsp3) is 0.552. The number of hydrogen-bond acceptors (Lipinski definition) is 1. The van der Waals surface area contributed by atoms with Gasteiger partial charge in [0.1, 0.15) is 5.78 Å². The van der Waals surface area contributed by atoms with Crippen LogP contribution in [-0.2, 0) is 11.2 Å². The zero-order valence-electron chi connectivity index (χ0n) is 19.2. The molecule has 1 nitrogen and oxygen atoms in total. The van der Waals surface area contributed by atoms with Crippen molar-refractivity contribution in [3.05, 3.63) is 59.7 Å². The average Bonchev–Trinajstić information content (AvgIpc) is 2.78. The second kappa shape index (κ2) is 12.1. The molecule has 0 bridgehead atoms. The van der Waals surface area contributed by atoms with Gasteiger partial charge in [-0.05, 0) is 53.9 Å². The van der Waals surface area contributed by atoms with Crippen LogP contribution < -0.4 is 0 Å². The molecule has 0 amide bonds. The molecule has 1 aliphatic rings. The molecule has 2 atom stereocenters. The summed E-state index contributed by atoms with van der Waals surface area (Å²) in [4.78, 5) is 12.7. The molecule has 1 saturated carbocycles. The molecule has 0 aromatic heterocycles. The van der Waals surface area contributed by atoms with Gasteiger partial charge < -0.3 is 0 Å². The van der Waals surface area contributed by atoms with Crippen molar-refractivity contribution in [3.63, 3.8) is 0 Å². The Morgan fingerprint density at radius 1 is 0.733 bits per heavy atom. The largest absolute Gasteiger partial charge is 0.299 e. The number of rotatable bonds is 11. The van der Waals surface area contributed by atoms with Crippen molar-refractivity contribution in [1.82, 2.24) is 0 Å². The highest BCUT2D eigenvalue weighted by molar-refractivity contribution is 5.86. The number of aryl methyl sites for hydroxylation is 1. The average molecular weight is 405 g/mol. The van der Waals surface area contributed by atoms with Crippen LogP contribution in [0.15, 0.2) is 48.5 Å². The van der Waals surface area contributed by atoms with Crippen LogP contribution in [-0.4, -0.2) is 5.78 Å². The molecule has 0 radical (unpaired) electrons. The number of carbonyl (C=O) groups is 1. The second-order valence-corrected chi connectivity index (χ2v) is 9.29. The Kier molecular flexibility index (Phi) is 9.18. The molecule has 3 rings (SSSR count). The standard InChI is InChI=1S/C29H40O/c1-3-5-7-8-9-11-23-12-15-25(16-13-23)26-17-19-27(20-18-26)28-21-14-24(10-6-4-2)22-29(28)30/h12-13,15-20,24,28H,3-11,14,21-22H2,1-2H3. The third kappa shape index (κ3) is 6.56. The fourth-order valence-electron chi connectivity index (χ4n) is 4.89. The Hall–Kier alpha value is -1.89. The summed E-state index contributed by atoms with van der Waals surface area (Å²) in [6.45, 7) is 4.50. The summed E-state index contributed by atoms with van der Waals surface area (Å²) in [7, 11) is 0. The summed E-state index contributed by atoms with van der Waals surface area (Å²) in [5, 5.41) is 0. The van der Waals surface area contributed by atoms with Gasteiger partial charge in [-0.3, -0.25) is 4.79 Å². The normalized spacial score (nSPS) is 19.2. The molecule has 30 heavy (non-hydrogen) atoms. The van der Waals surface area contributed by atoms with E-state index in [9.17, 15) is 4.79 Å². The minimum Gasteiger partial charge on any atom is -0.299 e. The first-order valence-corrected chi connectivity index (χ1v) is 12.4. The van der Waals surface area contributed by atoms with E-state index in [1.165, 1.54) is 86.5 Å². The van der Waals surface area contributed by atoms with Gasteiger partial charge in [-0.15, -0.1) is 0 Å². The van der Waals surface area contributed by atoms with Gasteiger partial charge in [0, 0.05) is 12.3 Å². The molecule has 1 heteroatoms. The maximum Gasteiger partial charge on any atom is 0.140 e. The van der Waals surface area contributed by atoms with E-state index >= 15 is 0 Å². The van der Waals surface area contributed by atoms with Gasteiger partial charge >= 0.3 is 0 Å². The first-order chi connectivity index (χ1) is 14.7. The quantitative estimate of drug-likeness (QED) is 0.343. The van der Waals surface area contributed by atoms with Gasteiger partial charge in [-0.25, -0.2) is 0 Å². The van der Waals surface area contributed by atoms with Crippen LogP contribution in [0.3, 0.4) is 0 Å². The summed E-state index contributed by atoms with van der Waals surface area (Å²) in [6, 6.07) is 17.8. The Balaban J connectivity index is 1.53. The molecule has 0 aliphatic heterocycles. The Morgan fingerprint density at radius 2 is 1.37 bits per heavy atom. The van der Waals surface area contributed by atoms with Gasteiger partial charge in [0.05, 0.1) is 0 Å². The molecule has 162 valence electrons. The molecule has 1 aliphatic carbocycles. The minimum absolute atomic E-state index is 0.118. The van der Waals surface area contributed by atoms with Crippen molar-refractivity contribution in [2.45, 2.75) is 96.8 Å². The van der Waals surface area contributed by atoms with E-state index in [4.69, 9.17) is 0 Å². The number of ketones is 1. The van der Waals surface area contributed by atoms with E-state index in [-0.39, 0.29) is 5.92 Å². The van der Waals surface area contributed by atoms with Gasteiger partial charge in [0.25, 0.3) is 0 Å². The van der Waals surface area contributed by atoms with Crippen molar-refractivity contribution in [2.24, 2.45) is 5.92 Å². The van der Waals surface area contributed by atoms with E-state index < -0.39 is 0 Å². The Bertz CT molecular complexity index is 756. The summed E-state index contributed by atoms with van der Waals surface area (Å²) in [6.07, 6.45) is 14.6. The zero-order chi connectivity index (χ0) is 21.2. The van der Waals surface area contributed by atoms with Crippen LogP contribution in [0.4, 0.5) is 0 Å². The molecule has 0 heterocycles. The summed E-state index contributed by atoms with van der Waals surface area (Å²) >= 11 is 0. The third-order valence-electron chi connectivity index (χ3n) is 6.88. The van der Waals surface area contributed by atoms with Crippen molar-refractivity contribution in [3.8, 4) is 11.1 Å². The number of carbonyl (C=O) groups excluding carboxylic acids is 1. The lowest BCUT2D eigenvalue weighted by molar-refractivity contribution is -0.123. The molecule has 2 unspecified atom stereocenters. The zero-order valence-corrected chi connectivity index (χ0v) is 19.2. The lowest BCUT2D eigenvalue weighted by atomic mass is 9.76. The maximum absolute atomic E-state index is 12.7. The first-order valence-electron chi connectivity index (χ1n) is 12.4. The monoisotopic (exact) mass is 404 g/mol. The molecule has 2 aromatic carbocycles. The van der Waals surface area contributed by atoms with Gasteiger partial charge in [0.2, 0.25) is 0 Å². The van der Waals surface area contributed by atoms with Crippen LogP contribution in [0.25, 0.3) is 11.1 Å². The highest BCUT2D eigenvalue weighted by atomic mass is 16.1. The summed E-state index contributed by atoms with van der Waals surface area (Å²) < 4.78 is 0. The van der Waals surface area contributed by atoms with Gasteiger partial charge in [0.15, 0.2) is 0 Å². The van der Waals surface area contributed by atoms with Gasteiger partial charge in [-0.2, -0.15) is 0 Å². The van der Waals surface area contributed by atoms with Crippen LogP contribution in [0.5, 0.6) is 0 Å². The predicted octanol–water partition coefficient (Wildman–Crippen LogP) is 8.51. The maximum atomic E-state index is 12.7. The number of benzene rings is 2. The van der Waals surface area contributed by atoms with Crippen molar-refractivity contribution in [2.75, 3.05) is 0 Å². The van der Waals surface area contributed by atoms with E-state index in [2.05, 4.69) is 62.4 Å². The summed E-state index contributed by atoms with van der Waals surface area (Å²) in [5.41, 5.74) is 5.17. The lowest BCUT2D eigenvalue weighted by Crippen LogP contribution is -2.23. The van der Waals surface area contributed by atoms with E-state index in [1.54, 1.807) is 0 Å². The van der Waals surface area contributed by atoms with Crippen LogP contribution in [0.1, 0.15) is 102 Å². The smallest absolute Gasteiger partial charge is 0.140 e. The molecule has 0 spiro atoms. The Morgan fingerprint density at radius 3 is 2.00 bits per heavy atom. The molecule has 1 fully saturated rings. The molecular weight excluding hydrogens is 364 g/mol. The number of Topliss-reactive ketones (excluding diaryl/α,β-unsaturated/α-hetero) is 1. The fourth-order valence-corrected chi connectivity index (χ4v) is 4.89. The van der Waals surface area contributed by atoms with Crippen molar-refractivity contribution < 1.29 is 4.79 Å². The highest BCUT2D eigenvalue weighted by Gasteiger charge is 2.29. The third-order valence-corrected chi connectivity index (χ3v) is 6.88. The highest BCUT2D eigenvalue weighted by Crippen LogP contribution is 2.36. The van der Waals surface area contributed by atoms with E-state index in [0.717, 1.165) is 12.8 Å². The topological polar surface area (TPSA) is 17.1 Å². The van der Waals surface area contributed by atoms with E-state index in [0.29, 0.717) is 11.7 Å². The lowest BCUT2D eigenvalue weighted by Gasteiger charge is -2.27. The Labute approximate surface area is 184 Å². The molecule has 0 saturated heterocycles. The SMILES string of the molecule is CCCCCCCc1ccc(-c2ccc(C3CCC(CCCC)CC3=O)cc2)cc1. The number of hydrogen-bond donors (Lipinski definition) is 0. The summed E-state index contributed by atoms with van der Waals surface area (Å²) in [5.74, 6) is 1.20. The van der Waals surface area contributed by atoms with Crippen LogP contribution in [0, 0.1) is 5.92 Å². The van der Waals surface area contributed by atoms with Crippen molar-refractivity contribution in [1.29, 1.82) is 0 Å². The second-order valence-electron chi connectivity index (χ2n) is 9.29. The minimum atomic E-state index is 0.118. The molecule has 2 aromatic rings. The predicted molar refractivity (Wildman–Crippen MR) is 129 cm³/mol.